The van der Waals surface area contributed by atoms with Crippen LogP contribution in [0, 0.1) is 5.41 Å². The van der Waals surface area contributed by atoms with Crippen molar-refractivity contribution >= 4 is 5.91 Å². The summed E-state index contributed by atoms with van der Waals surface area (Å²) in [6.45, 7) is 8.19. The maximum absolute atomic E-state index is 12.0. The van der Waals surface area contributed by atoms with E-state index in [1.165, 1.54) is 0 Å². The molecule has 1 unspecified atom stereocenters. The highest BCUT2D eigenvalue weighted by atomic mass is 16.5. The molecule has 4 nitrogen and oxygen atoms in total. The van der Waals surface area contributed by atoms with Gasteiger partial charge in [0.25, 0.3) is 0 Å². The Morgan fingerprint density at radius 3 is 2.48 bits per heavy atom. The van der Waals surface area contributed by atoms with Crippen LogP contribution in [0.2, 0.25) is 0 Å². The fourth-order valence-corrected chi connectivity index (χ4v) is 2.00. The molecule has 0 aliphatic rings. The first-order valence-electron chi connectivity index (χ1n) is 7.79. The predicted octanol–water partition coefficient (Wildman–Crippen LogP) is 3.88. The summed E-state index contributed by atoms with van der Waals surface area (Å²) in [4.78, 5) is 16.1. The third kappa shape index (κ3) is 5.09. The van der Waals surface area contributed by atoms with Crippen LogP contribution in [0.25, 0.3) is 0 Å². The van der Waals surface area contributed by atoms with Gasteiger partial charge in [-0.1, -0.05) is 39.0 Å². The molecule has 0 radical (unpaired) electrons. The van der Waals surface area contributed by atoms with Crippen LogP contribution in [-0.2, 0) is 11.4 Å². The number of rotatable bonds is 5. The van der Waals surface area contributed by atoms with Gasteiger partial charge in [-0.25, -0.2) is 0 Å². The van der Waals surface area contributed by atoms with Gasteiger partial charge in [-0.15, -0.1) is 0 Å². The zero-order chi connectivity index (χ0) is 16.9. The van der Waals surface area contributed by atoms with E-state index in [-0.39, 0.29) is 17.4 Å². The molecule has 0 aliphatic carbocycles. The monoisotopic (exact) mass is 312 g/mol. The average Bonchev–Trinajstić information content (AvgIpc) is 2.53. The normalized spacial score (nSPS) is 12.5. The molecule has 0 bridgehead atoms. The lowest BCUT2D eigenvalue weighted by atomic mass is 9.94. The lowest BCUT2D eigenvalue weighted by Crippen LogP contribution is -2.36. The van der Waals surface area contributed by atoms with E-state index in [0.29, 0.717) is 6.61 Å². The quantitative estimate of drug-likeness (QED) is 0.911. The first-order chi connectivity index (χ1) is 10.9. The minimum Gasteiger partial charge on any atom is -0.489 e. The number of pyridine rings is 1. The Bertz CT molecular complexity index is 631. The molecule has 122 valence electrons. The molecule has 1 aromatic carbocycles. The summed E-state index contributed by atoms with van der Waals surface area (Å²) in [5.41, 5.74) is 1.69. The van der Waals surface area contributed by atoms with Crippen molar-refractivity contribution in [2.75, 3.05) is 0 Å². The van der Waals surface area contributed by atoms with E-state index in [1.807, 2.05) is 64.1 Å². The van der Waals surface area contributed by atoms with Crippen molar-refractivity contribution in [3.05, 3.63) is 59.9 Å². The van der Waals surface area contributed by atoms with E-state index in [9.17, 15) is 4.79 Å². The molecular weight excluding hydrogens is 288 g/mol. The van der Waals surface area contributed by atoms with Crippen molar-refractivity contribution in [1.82, 2.24) is 10.3 Å². The summed E-state index contributed by atoms with van der Waals surface area (Å²) in [6.07, 6.45) is 3.53. The molecule has 1 N–H and O–H groups in total. The largest absolute Gasteiger partial charge is 0.489 e. The number of benzene rings is 1. The van der Waals surface area contributed by atoms with Gasteiger partial charge in [0.1, 0.15) is 12.4 Å². The molecule has 2 aromatic rings. The molecule has 2 rings (SSSR count). The Balaban J connectivity index is 1.92. The third-order valence-electron chi connectivity index (χ3n) is 3.54. The van der Waals surface area contributed by atoms with Crippen molar-refractivity contribution in [3.8, 4) is 5.75 Å². The number of nitrogens with zero attached hydrogens (tertiary/aromatic N) is 1. The van der Waals surface area contributed by atoms with Gasteiger partial charge in [0, 0.05) is 23.4 Å². The number of amides is 1. The highest BCUT2D eigenvalue weighted by molar-refractivity contribution is 5.81. The van der Waals surface area contributed by atoms with E-state index in [1.54, 1.807) is 12.4 Å². The van der Waals surface area contributed by atoms with Crippen LogP contribution in [0.15, 0.2) is 48.8 Å². The van der Waals surface area contributed by atoms with Gasteiger partial charge in [-0.2, -0.15) is 0 Å². The summed E-state index contributed by atoms with van der Waals surface area (Å²) < 4.78 is 5.73. The van der Waals surface area contributed by atoms with Crippen molar-refractivity contribution < 1.29 is 9.53 Å². The van der Waals surface area contributed by atoms with Crippen molar-refractivity contribution in [2.24, 2.45) is 5.41 Å². The number of ether oxygens (including phenoxy) is 1. The zero-order valence-corrected chi connectivity index (χ0v) is 14.2. The summed E-state index contributed by atoms with van der Waals surface area (Å²) in [5.74, 6) is 0.842. The molecule has 1 heterocycles. The topological polar surface area (TPSA) is 51.2 Å². The molecule has 0 spiro atoms. The van der Waals surface area contributed by atoms with Crippen LogP contribution >= 0.6 is 0 Å². The fourth-order valence-electron chi connectivity index (χ4n) is 2.00. The van der Waals surface area contributed by atoms with Gasteiger partial charge in [-0.05, 0) is 30.7 Å². The Kier molecular flexibility index (Phi) is 5.37. The van der Waals surface area contributed by atoms with Crippen molar-refractivity contribution in [2.45, 2.75) is 40.3 Å². The number of aromatic nitrogens is 1. The summed E-state index contributed by atoms with van der Waals surface area (Å²) in [6, 6.07) is 11.6. The maximum atomic E-state index is 12.0. The Morgan fingerprint density at radius 1 is 1.22 bits per heavy atom. The van der Waals surface area contributed by atoms with Crippen molar-refractivity contribution in [1.29, 1.82) is 0 Å². The van der Waals surface area contributed by atoms with E-state index < -0.39 is 0 Å². The Morgan fingerprint density at radius 2 is 1.91 bits per heavy atom. The number of hydrogen-bond acceptors (Lipinski definition) is 3. The van der Waals surface area contributed by atoms with Gasteiger partial charge in [0.2, 0.25) is 5.91 Å². The van der Waals surface area contributed by atoms with Crippen molar-refractivity contribution in [3.63, 3.8) is 0 Å². The molecule has 0 saturated carbocycles. The van der Waals surface area contributed by atoms with E-state index >= 15 is 0 Å². The van der Waals surface area contributed by atoms with E-state index in [4.69, 9.17) is 4.74 Å². The third-order valence-corrected chi connectivity index (χ3v) is 3.54. The summed E-state index contributed by atoms with van der Waals surface area (Å²) in [5, 5.41) is 3.03. The van der Waals surface area contributed by atoms with Gasteiger partial charge in [-0.3, -0.25) is 9.78 Å². The Hall–Kier alpha value is -2.36. The van der Waals surface area contributed by atoms with Crippen LogP contribution < -0.4 is 10.1 Å². The molecular formula is C19H24N2O2. The van der Waals surface area contributed by atoms with Crippen LogP contribution in [0.4, 0.5) is 0 Å². The van der Waals surface area contributed by atoms with Crippen LogP contribution in [-0.4, -0.2) is 10.9 Å². The molecule has 1 aromatic heterocycles. The van der Waals surface area contributed by atoms with Crippen LogP contribution in [0.5, 0.6) is 5.75 Å². The first kappa shape index (κ1) is 17.0. The van der Waals surface area contributed by atoms with Gasteiger partial charge in [0.15, 0.2) is 0 Å². The number of nitrogens with one attached hydrogen (secondary N) is 1. The summed E-state index contributed by atoms with van der Waals surface area (Å²) >= 11 is 0. The average molecular weight is 312 g/mol. The SMILES string of the molecule is CC(NC(=O)C(C)(C)C)c1ccc(OCc2cccnc2)cc1. The molecule has 0 fully saturated rings. The predicted molar refractivity (Wildman–Crippen MR) is 91.0 cm³/mol. The second-order valence-electron chi connectivity index (χ2n) is 6.66. The second-order valence-corrected chi connectivity index (χ2v) is 6.66. The van der Waals surface area contributed by atoms with Crippen LogP contribution in [0.3, 0.4) is 0 Å². The van der Waals surface area contributed by atoms with Gasteiger partial charge in [0.05, 0.1) is 6.04 Å². The lowest BCUT2D eigenvalue weighted by molar-refractivity contribution is -0.129. The summed E-state index contributed by atoms with van der Waals surface area (Å²) in [7, 11) is 0. The number of carbonyl (C=O) groups excluding carboxylic acids is 1. The highest BCUT2D eigenvalue weighted by Gasteiger charge is 2.22. The molecule has 1 atom stereocenters. The molecule has 0 saturated heterocycles. The standard InChI is InChI=1S/C19H24N2O2/c1-14(21-18(22)19(2,3)4)16-7-9-17(10-8-16)23-13-15-6-5-11-20-12-15/h5-12,14H,13H2,1-4H3,(H,21,22). The molecule has 23 heavy (non-hydrogen) atoms. The highest BCUT2D eigenvalue weighted by Crippen LogP contribution is 2.20. The second kappa shape index (κ2) is 7.27. The minimum atomic E-state index is -0.388. The van der Waals surface area contributed by atoms with E-state index in [2.05, 4.69) is 10.3 Å². The first-order valence-corrected chi connectivity index (χ1v) is 7.79. The minimum absolute atomic E-state index is 0.0332. The van der Waals surface area contributed by atoms with Gasteiger partial charge >= 0.3 is 0 Å². The lowest BCUT2D eigenvalue weighted by Gasteiger charge is -2.22. The zero-order valence-electron chi connectivity index (χ0n) is 14.2. The van der Waals surface area contributed by atoms with Gasteiger partial charge < -0.3 is 10.1 Å². The number of hydrogen-bond donors (Lipinski definition) is 1. The fraction of sp³-hybridized carbons (Fsp3) is 0.368. The molecule has 4 heteroatoms. The molecule has 1 amide bonds. The Labute approximate surface area is 137 Å². The smallest absolute Gasteiger partial charge is 0.225 e. The van der Waals surface area contributed by atoms with Crippen LogP contribution in [0.1, 0.15) is 44.9 Å². The van der Waals surface area contributed by atoms with E-state index in [0.717, 1.165) is 16.9 Å². The molecule has 0 aliphatic heterocycles. The maximum Gasteiger partial charge on any atom is 0.225 e. The number of carbonyl (C=O) groups is 1.